The summed E-state index contributed by atoms with van der Waals surface area (Å²) in [6.45, 7) is 0. The van der Waals surface area contributed by atoms with Crippen LogP contribution in [0.4, 0.5) is 11.5 Å². The summed E-state index contributed by atoms with van der Waals surface area (Å²) in [5.41, 5.74) is 1.19. The standard InChI is InChI=1S/C17H20N4O2/c1-23-14-8-4-7-13(9-14)20-16-11-18-15(10-19-16)17(22)21-12-5-2-3-6-12/h4,7-12H,2-3,5-6H2,1H3,(H,19,20)(H,21,22). The van der Waals surface area contributed by atoms with Crippen LogP contribution in [0.5, 0.6) is 5.75 Å². The zero-order valence-corrected chi connectivity index (χ0v) is 13.1. The fourth-order valence-corrected chi connectivity index (χ4v) is 2.69. The summed E-state index contributed by atoms with van der Waals surface area (Å²) in [5.74, 6) is 1.18. The quantitative estimate of drug-likeness (QED) is 0.888. The van der Waals surface area contributed by atoms with Crippen LogP contribution in [0, 0.1) is 0 Å². The predicted molar refractivity (Wildman–Crippen MR) is 88.0 cm³/mol. The maximum atomic E-state index is 12.1. The minimum atomic E-state index is -0.155. The molecule has 2 N–H and O–H groups in total. The third-order valence-electron chi connectivity index (χ3n) is 3.92. The molecule has 0 radical (unpaired) electrons. The maximum Gasteiger partial charge on any atom is 0.271 e. The zero-order valence-electron chi connectivity index (χ0n) is 13.1. The average molecular weight is 312 g/mol. The largest absolute Gasteiger partial charge is 0.497 e. The van der Waals surface area contributed by atoms with Crippen LogP contribution in [0.1, 0.15) is 36.2 Å². The van der Waals surface area contributed by atoms with E-state index in [1.165, 1.54) is 19.0 Å². The van der Waals surface area contributed by atoms with Crippen molar-refractivity contribution in [2.75, 3.05) is 12.4 Å². The fourth-order valence-electron chi connectivity index (χ4n) is 2.69. The smallest absolute Gasteiger partial charge is 0.271 e. The van der Waals surface area contributed by atoms with Gasteiger partial charge in [-0.15, -0.1) is 0 Å². The molecule has 23 heavy (non-hydrogen) atoms. The number of aromatic nitrogens is 2. The SMILES string of the molecule is COc1cccc(Nc2cnc(C(=O)NC3CCCC3)cn2)c1. The molecule has 0 bridgehead atoms. The third kappa shape index (κ3) is 3.97. The number of nitrogens with one attached hydrogen (secondary N) is 2. The van der Waals surface area contributed by atoms with E-state index >= 15 is 0 Å². The van der Waals surface area contributed by atoms with Gasteiger partial charge in [-0.1, -0.05) is 18.9 Å². The number of ether oxygens (including phenoxy) is 1. The molecule has 1 aliphatic carbocycles. The molecule has 2 aromatic rings. The fraction of sp³-hybridized carbons (Fsp3) is 0.353. The summed E-state index contributed by atoms with van der Waals surface area (Å²) in [6.07, 6.45) is 7.51. The normalized spacial score (nSPS) is 14.5. The van der Waals surface area contributed by atoms with E-state index in [0.29, 0.717) is 11.5 Å². The Morgan fingerprint density at radius 3 is 2.74 bits per heavy atom. The Hall–Kier alpha value is -2.63. The summed E-state index contributed by atoms with van der Waals surface area (Å²) >= 11 is 0. The number of methoxy groups -OCH3 is 1. The van der Waals surface area contributed by atoms with E-state index in [4.69, 9.17) is 4.74 Å². The second-order valence-electron chi connectivity index (χ2n) is 5.60. The van der Waals surface area contributed by atoms with Gasteiger partial charge in [0.2, 0.25) is 0 Å². The van der Waals surface area contributed by atoms with Crippen LogP contribution >= 0.6 is 0 Å². The summed E-state index contributed by atoms with van der Waals surface area (Å²) in [7, 11) is 1.62. The molecule has 1 aromatic heterocycles. The van der Waals surface area contributed by atoms with Gasteiger partial charge in [0.1, 0.15) is 17.3 Å². The predicted octanol–water partition coefficient (Wildman–Crippen LogP) is 2.90. The molecular weight excluding hydrogens is 292 g/mol. The molecule has 0 aliphatic heterocycles. The van der Waals surface area contributed by atoms with Gasteiger partial charge in [-0.25, -0.2) is 9.97 Å². The topological polar surface area (TPSA) is 76.1 Å². The van der Waals surface area contributed by atoms with Crippen molar-refractivity contribution in [1.82, 2.24) is 15.3 Å². The van der Waals surface area contributed by atoms with E-state index in [-0.39, 0.29) is 11.9 Å². The van der Waals surface area contributed by atoms with Crippen molar-refractivity contribution < 1.29 is 9.53 Å². The number of carbonyl (C=O) groups excluding carboxylic acids is 1. The molecule has 1 amide bonds. The summed E-state index contributed by atoms with van der Waals surface area (Å²) in [6, 6.07) is 7.80. The number of amides is 1. The Morgan fingerprint density at radius 2 is 2.04 bits per heavy atom. The lowest BCUT2D eigenvalue weighted by Gasteiger charge is -2.11. The molecule has 0 unspecified atom stereocenters. The molecular formula is C17H20N4O2. The molecule has 1 saturated carbocycles. The monoisotopic (exact) mass is 312 g/mol. The summed E-state index contributed by atoms with van der Waals surface area (Å²) in [5, 5.41) is 6.13. The number of hydrogen-bond acceptors (Lipinski definition) is 5. The van der Waals surface area contributed by atoms with E-state index in [1.807, 2.05) is 24.3 Å². The number of carbonyl (C=O) groups is 1. The highest BCUT2D eigenvalue weighted by atomic mass is 16.5. The van der Waals surface area contributed by atoms with Gasteiger partial charge in [0.05, 0.1) is 19.5 Å². The highest BCUT2D eigenvalue weighted by Gasteiger charge is 2.18. The highest BCUT2D eigenvalue weighted by molar-refractivity contribution is 5.92. The molecule has 3 rings (SSSR count). The first-order chi connectivity index (χ1) is 11.2. The van der Waals surface area contributed by atoms with Crippen molar-refractivity contribution in [2.45, 2.75) is 31.7 Å². The Balaban J connectivity index is 1.63. The maximum absolute atomic E-state index is 12.1. The number of anilines is 2. The van der Waals surface area contributed by atoms with Crippen LogP contribution in [-0.4, -0.2) is 29.0 Å². The number of hydrogen-bond donors (Lipinski definition) is 2. The second-order valence-corrected chi connectivity index (χ2v) is 5.60. The zero-order chi connectivity index (χ0) is 16.1. The Labute approximate surface area is 135 Å². The van der Waals surface area contributed by atoms with Gasteiger partial charge in [-0.05, 0) is 25.0 Å². The minimum Gasteiger partial charge on any atom is -0.497 e. The van der Waals surface area contributed by atoms with E-state index in [1.54, 1.807) is 13.3 Å². The molecule has 1 fully saturated rings. The van der Waals surface area contributed by atoms with Crippen LogP contribution in [0.15, 0.2) is 36.7 Å². The molecule has 120 valence electrons. The van der Waals surface area contributed by atoms with Gasteiger partial charge in [0.15, 0.2) is 0 Å². The first-order valence-electron chi connectivity index (χ1n) is 7.78. The van der Waals surface area contributed by atoms with E-state index in [0.717, 1.165) is 24.3 Å². The van der Waals surface area contributed by atoms with E-state index in [2.05, 4.69) is 20.6 Å². The third-order valence-corrected chi connectivity index (χ3v) is 3.92. The number of nitrogens with zero attached hydrogens (tertiary/aromatic N) is 2. The summed E-state index contributed by atoms with van der Waals surface area (Å²) in [4.78, 5) is 20.5. The Kier molecular flexibility index (Phi) is 4.71. The van der Waals surface area contributed by atoms with E-state index in [9.17, 15) is 4.79 Å². The molecule has 6 heteroatoms. The molecule has 1 aliphatic rings. The molecule has 1 aromatic carbocycles. The van der Waals surface area contributed by atoms with Gasteiger partial charge in [-0.3, -0.25) is 4.79 Å². The van der Waals surface area contributed by atoms with Crippen molar-refractivity contribution in [3.8, 4) is 5.75 Å². The van der Waals surface area contributed by atoms with Crippen LogP contribution in [0.25, 0.3) is 0 Å². The Morgan fingerprint density at radius 1 is 1.22 bits per heavy atom. The molecule has 0 spiro atoms. The van der Waals surface area contributed by atoms with E-state index < -0.39 is 0 Å². The van der Waals surface area contributed by atoms with Crippen molar-refractivity contribution >= 4 is 17.4 Å². The number of rotatable bonds is 5. The second kappa shape index (κ2) is 7.09. The lowest BCUT2D eigenvalue weighted by molar-refractivity contribution is 0.0932. The summed E-state index contributed by atoms with van der Waals surface area (Å²) < 4.78 is 5.18. The van der Waals surface area contributed by atoms with Gasteiger partial charge in [0.25, 0.3) is 5.91 Å². The van der Waals surface area contributed by atoms with Gasteiger partial charge < -0.3 is 15.4 Å². The van der Waals surface area contributed by atoms with Gasteiger partial charge in [0, 0.05) is 17.8 Å². The average Bonchev–Trinajstić information content (AvgIpc) is 3.08. The van der Waals surface area contributed by atoms with Crippen LogP contribution < -0.4 is 15.4 Å². The first-order valence-corrected chi connectivity index (χ1v) is 7.78. The van der Waals surface area contributed by atoms with Crippen molar-refractivity contribution in [1.29, 1.82) is 0 Å². The van der Waals surface area contributed by atoms with Crippen molar-refractivity contribution in [2.24, 2.45) is 0 Å². The highest BCUT2D eigenvalue weighted by Crippen LogP contribution is 2.20. The molecule has 6 nitrogen and oxygen atoms in total. The van der Waals surface area contributed by atoms with Gasteiger partial charge >= 0.3 is 0 Å². The minimum absolute atomic E-state index is 0.155. The molecule has 0 saturated heterocycles. The molecule has 0 atom stereocenters. The number of benzene rings is 1. The van der Waals surface area contributed by atoms with Crippen molar-refractivity contribution in [3.05, 3.63) is 42.4 Å². The lowest BCUT2D eigenvalue weighted by atomic mass is 10.2. The van der Waals surface area contributed by atoms with Crippen LogP contribution in [0.2, 0.25) is 0 Å². The van der Waals surface area contributed by atoms with Crippen LogP contribution in [0.3, 0.4) is 0 Å². The van der Waals surface area contributed by atoms with Gasteiger partial charge in [-0.2, -0.15) is 0 Å². The Bertz CT molecular complexity index is 667. The lowest BCUT2D eigenvalue weighted by Crippen LogP contribution is -2.33. The van der Waals surface area contributed by atoms with Crippen LogP contribution in [-0.2, 0) is 0 Å². The molecule has 1 heterocycles. The first kappa shape index (κ1) is 15.3. The van der Waals surface area contributed by atoms with Crippen molar-refractivity contribution in [3.63, 3.8) is 0 Å².